The summed E-state index contributed by atoms with van der Waals surface area (Å²) in [7, 11) is 0. The fraction of sp³-hybridized carbons (Fsp3) is 0.214. The van der Waals surface area contributed by atoms with Crippen molar-refractivity contribution < 1.29 is 5.11 Å². The molecule has 1 unspecified atom stereocenters. The highest BCUT2D eigenvalue weighted by Crippen LogP contribution is 2.19. The maximum absolute atomic E-state index is 10.2. The van der Waals surface area contributed by atoms with Gasteiger partial charge in [-0.15, -0.1) is 0 Å². The van der Waals surface area contributed by atoms with E-state index in [1.807, 2.05) is 34.9 Å². The van der Waals surface area contributed by atoms with E-state index in [0.29, 0.717) is 29.9 Å². The molecule has 0 fully saturated rings. The number of hydrogen-bond acceptors (Lipinski definition) is 5. The summed E-state index contributed by atoms with van der Waals surface area (Å²) in [5.74, 6) is 0.373. The fourth-order valence-electron chi connectivity index (χ4n) is 2.17. The lowest BCUT2D eigenvalue weighted by Crippen LogP contribution is -2.05. The summed E-state index contributed by atoms with van der Waals surface area (Å²) in [5.41, 5.74) is 7.94. The molecule has 3 rings (SSSR count). The Morgan fingerprint density at radius 2 is 1.95 bits per heavy atom. The van der Waals surface area contributed by atoms with Crippen LogP contribution in [-0.2, 0) is 6.54 Å². The van der Waals surface area contributed by atoms with E-state index in [1.165, 1.54) is 6.33 Å². The normalized spacial score (nSPS) is 12.7. The summed E-state index contributed by atoms with van der Waals surface area (Å²) in [4.78, 5) is 12.3. The minimum atomic E-state index is -0.507. The van der Waals surface area contributed by atoms with Gasteiger partial charge in [-0.25, -0.2) is 15.0 Å². The third-order valence-electron chi connectivity index (χ3n) is 3.26. The smallest absolute Gasteiger partial charge is 0.165 e. The van der Waals surface area contributed by atoms with Crippen LogP contribution in [-0.4, -0.2) is 24.6 Å². The zero-order valence-electron chi connectivity index (χ0n) is 10.8. The number of fused-ring (bicyclic) bond motifs is 1. The first-order chi connectivity index (χ1) is 9.75. The van der Waals surface area contributed by atoms with Crippen LogP contribution in [0.1, 0.15) is 18.1 Å². The predicted octanol–water partition coefficient (Wildman–Crippen LogP) is 1.53. The van der Waals surface area contributed by atoms with E-state index in [2.05, 4.69) is 15.0 Å². The van der Waals surface area contributed by atoms with Crippen LogP contribution in [0.3, 0.4) is 0 Å². The highest BCUT2D eigenvalue weighted by molar-refractivity contribution is 5.80. The lowest BCUT2D eigenvalue weighted by Gasteiger charge is -2.11. The molecule has 0 aliphatic rings. The number of aliphatic hydroxyl groups excluding tert-OH is 1. The number of aliphatic hydroxyl groups is 1. The van der Waals surface area contributed by atoms with Crippen molar-refractivity contribution in [1.82, 2.24) is 19.5 Å². The standard InChI is InChI=1S/C14H15N5O/c15-13-12-14(17-8-16-13)19(9-18-12)7-6-11(20)10-4-2-1-3-5-10/h1-5,8-9,11,20H,6-7H2,(H2,15,16,17). The first-order valence-corrected chi connectivity index (χ1v) is 6.40. The Morgan fingerprint density at radius 3 is 2.75 bits per heavy atom. The number of nitrogens with two attached hydrogens (primary N) is 1. The van der Waals surface area contributed by atoms with Gasteiger partial charge in [0.1, 0.15) is 11.8 Å². The minimum absolute atomic E-state index is 0.373. The Balaban J connectivity index is 1.76. The quantitative estimate of drug-likeness (QED) is 0.749. The van der Waals surface area contributed by atoms with Gasteiger partial charge >= 0.3 is 0 Å². The Kier molecular flexibility index (Phi) is 3.30. The number of nitrogen functional groups attached to an aromatic ring is 1. The van der Waals surface area contributed by atoms with Crippen LogP contribution in [0.15, 0.2) is 43.0 Å². The molecule has 102 valence electrons. The van der Waals surface area contributed by atoms with Gasteiger partial charge in [-0.1, -0.05) is 30.3 Å². The van der Waals surface area contributed by atoms with Crippen LogP contribution in [0.4, 0.5) is 5.82 Å². The summed E-state index contributed by atoms with van der Waals surface area (Å²) < 4.78 is 1.87. The largest absolute Gasteiger partial charge is 0.388 e. The molecule has 0 saturated heterocycles. The predicted molar refractivity (Wildman–Crippen MR) is 75.8 cm³/mol. The number of benzene rings is 1. The third kappa shape index (κ3) is 2.33. The van der Waals surface area contributed by atoms with Gasteiger partial charge in [0, 0.05) is 6.54 Å². The number of hydrogen-bond donors (Lipinski definition) is 2. The lowest BCUT2D eigenvalue weighted by atomic mass is 10.1. The van der Waals surface area contributed by atoms with Crippen molar-refractivity contribution in [3.8, 4) is 0 Å². The van der Waals surface area contributed by atoms with Gasteiger partial charge in [0.25, 0.3) is 0 Å². The molecular weight excluding hydrogens is 254 g/mol. The van der Waals surface area contributed by atoms with Gasteiger partial charge in [0.2, 0.25) is 0 Å². The van der Waals surface area contributed by atoms with Crippen molar-refractivity contribution >= 4 is 17.0 Å². The van der Waals surface area contributed by atoms with Crippen LogP contribution in [0.25, 0.3) is 11.2 Å². The molecule has 3 aromatic rings. The van der Waals surface area contributed by atoms with Gasteiger partial charge < -0.3 is 15.4 Å². The van der Waals surface area contributed by atoms with Crippen molar-refractivity contribution in [3.05, 3.63) is 48.5 Å². The number of rotatable bonds is 4. The van der Waals surface area contributed by atoms with Crippen LogP contribution < -0.4 is 5.73 Å². The molecule has 0 radical (unpaired) electrons. The van der Waals surface area contributed by atoms with Gasteiger partial charge in [-0.3, -0.25) is 0 Å². The number of aryl methyl sites for hydroxylation is 1. The second-order valence-corrected chi connectivity index (χ2v) is 4.58. The zero-order valence-corrected chi connectivity index (χ0v) is 10.8. The number of anilines is 1. The number of aromatic nitrogens is 4. The van der Waals surface area contributed by atoms with Gasteiger partial charge in [0.05, 0.1) is 12.4 Å². The van der Waals surface area contributed by atoms with E-state index in [4.69, 9.17) is 5.73 Å². The molecule has 3 N–H and O–H groups in total. The molecule has 0 aliphatic carbocycles. The minimum Gasteiger partial charge on any atom is -0.388 e. The highest BCUT2D eigenvalue weighted by atomic mass is 16.3. The molecule has 1 aromatic carbocycles. The fourth-order valence-corrected chi connectivity index (χ4v) is 2.17. The molecule has 0 spiro atoms. The second kappa shape index (κ2) is 5.26. The summed E-state index contributed by atoms with van der Waals surface area (Å²) in [6, 6.07) is 9.59. The average Bonchev–Trinajstić information content (AvgIpc) is 2.90. The molecule has 2 heterocycles. The van der Waals surface area contributed by atoms with E-state index in [9.17, 15) is 5.11 Å². The van der Waals surface area contributed by atoms with Gasteiger partial charge in [-0.2, -0.15) is 0 Å². The molecule has 20 heavy (non-hydrogen) atoms. The highest BCUT2D eigenvalue weighted by Gasteiger charge is 2.10. The maximum atomic E-state index is 10.2. The molecule has 0 bridgehead atoms. The lowest BCUT2D eigenvalue weighted by molar-refractivity contribution is 0.161. The van der Waals surface area contributed by atoms with Crippen molar-refractivity contribution in [2.24, 2.45) is 0 Å². The van der Waals surface area contributed by atoms with Gasteiger partial charge in [-0.05, 0) is 12.0 Å². The Bertz CT molecular complexity index is 710. The molecule has 2 aromatic heterocycles. The van der Waals surface area contributed by atoms with E-state index < -0.39 is 6.10 Å². The summed E-state index contributed by atoms with van der Waals surface area (Å²) in [5, 5.41) is 10.2. The monoisotopic (exact) mass is 269 g/mol. The van der Waals surface area contributed by atoms with E-state index in [0.717, 1.165) is 5.56 Å². The first-order valence-electron chi connectivity index (χ1n) is 6.40. The molecular formula is C14H15N5O. The number of imidazole rings is 1. The second-order valence-electron chi connectivity index (χ2n) is 4.58. The van der Waals surface area contributed by atoms with Gasteiger partial charge in [0.15, 0.2) is 11.5 Å². The third-order valence-corrected chi connectivity index (χ3v) is 3.26. The van der Waals surface area contributed by atoms with Crippen molar-refractivity contribution in [2.45, 2.75) is 19.1 Å². The molecule has 1 atom stereocenters. The maximum Gasteiger partial charge on any atom is 0.165 e. The average molecular weight is 269 g/mol. The van der Waals surface area contributed by atoms with E-state index >= 15 is 0 Å². The molecule has 0 aliphatic heterocycles. The zero-order chi connectivity index (χ0) is 13.9. The van der Waals surface area contributed by atoms with E-state index in [-0.39, 0.29) is 0 Å². The van der Waals surface area contributed by atoms with Crippen LogP contribution >= 0.6 is 0 Å². The molecule has 0 amide bonds. The van der Waals surface area contributed by atoms with Crippen molar-refractivity contribution in [3.63, 3.8) is 0 Å². The summed E-state index contributed by atoms with van der Waals surface area (Å²) in [6.45, 7) is 0.614. The first kappa shape index (κ1) is 12.6. The summed E-state index contributed by atoms with van der Waals surface area (Å²) in [6.07, 6.45) is 3.17. The number of nitrogens with zero attached hydrogens (tertiary/aromatic N) is 4. The Hall–Kier alpha value is -2.47. The Morgan fingerprint density at radius 1 is 1.15 bits per heavy atom. The molecule has 0 saturated carbocycles. The summed E-state index contributed by atoms with van der Waals surface area (Å²) >= 11 is 0. The molecule has 6 heteroatoms. The SMILES string of the molecule is Nc1ncnc2c1ncn2CCC(O)c1ccccc1. The van der Waals surface area contributed by atoms with E-state index in [1.54, 1.807) is 6.33 Å². The molecule has 6 nitrogen and oxygen atoms in total. The van der Waals surface area contributed by atoms with Crippen molar-refractivity contribution in [1.29, 1.82) is 0 Å². The van der Waals surface area contributed by atoms with Crippen LogP contribution in [0.5, 0.6) is 0 Å². The van der Waals surface area contributed by atoms with Crippen molar-refractivity contribution in [2.75, 3.05) is 5.73 Å². The van der Waals surface area contributed by atoms with Crippen LogP contribution in [0.2, 0.25) is 0 Å². The topological polar surface area (TPSA) is 89.9 Å². The van der Waals surface area contributed by atoms with Crippen LogP contribution in [0, 0.1) is 0 Å². The Labute approximate surface area is 115 Å².